The Labute approximate surface area is 444 Å². The van der Waals surface area contributed by atoms with Crippen molar-refractivity contribution < 1.29 is 20.1 Å². The van der Waals surface area contributed by atoms with Gasteiger partial charge in [-0.15, -0.1) is 36.4 Å². The Kier molecular flexibility index (Phi) is 10.6. The molecule has 15 rings (SSSR count). The SMILES string of the molecule is [Ir+3].[c-]1ccnc2ccc3cc(-c4ccccc4-c4cc(-c5ccccc5-c5cnc6c7[c-]ccnc7c7ccccc7c6c5)cc(-c5ccccc5-c5cnc6c7[c-]ccnc7c7ccccc7c6c5)c4)cnc3c12. The fourth-order valence-corrected chi connectivity index (χ4v) is 11.3. The molecule has 6 heterocycles. The third kappa shape index (κ3) is 7.27. The molecule has 0 saturated heterocycles. The number of aromatic nitrogens is 6. The molecule has 0 unspecified atom stereocenters. The topological polar surface area (TPSA) is 77.3 Å². The standard InChI is InChI=1S/C68H37N6.Ir/c1-4-17-51(45-32-41-27-28-63-58(24-11-29-69-63)64(41)72-38-45)48(14-1)42-33-43(49-15-2-5-18-52(49)46-36-61-54-20-7-9-22-56(54)65-59(25-12-30-70-65)67(61)73-39-46)35-44(34-42)50-16-3-6-19-53(50)47-37-62-55-21-8-10-23-57(55)66-60(26-13-31-71-66)68(62)74-40-47;/h1-23,27-40H;/q-3;+3. The Morgan fingerprint density at radius 2 is 0.627 bits per heavy atom. The molecule has 348 valence electrons. The van der Waals surface area contributed by atoms with E-state index in [1.807, 2.05) is 42.9 Å². The minimum atomic E-state index is 0. The maximum Gasteiger partial charge on any atom is 3.00 e. The van der Waals surface area contributed by atoms with E-state index in [4.69, 9.17) is 24.9 Å². The van der Waals surface area contributed by atoms with Gasteiger partial charge in [0.05, 0.1) is 0 Å². The molecule has 0 aliphatic carbocycles. The first-order valence-corrected chi connectivity index (χ1v) is 24.6. The van der Waals surface area contributed by atoms with Crippen LogP contribution in [0.5, 0.6) is 0 Å². The third-order valence-corrected chi connectivity index (χ3v) is 14.6. The van der Waals surface area contributed by atoms with E-state index < -0.39 is 0 Å². The van der Waals surface area contributed by atoms with Crippen LogP contribution in [0, 0.1) is 18.2 Å². The molecule has 0 amide bonds. The van der Waals surface area contributed by atoms with Gasteiger partial charge in [0.25, 0.3) is 0 Å². The number of benzene rings is 9. The van der Waals surface area contributed by atoms with Crippen LogP contribution in [-0.2, 0) is 20.1 Å². The fraction of sp³-hybridized carbons (Fsp3) is 0. The number of hydrogen-bond donors (Lipinski definition) is 0. The maximum absolute atomic E-state index is 5.19. The first-order valence-electron chi connectivity index (χ1n) is 24.6. The zero-order valence-electron chi connectivity index (χ0n) is 39.9. The van der Waals surface area contributed by atoms with Gasteiger partial charge < -0.3 is 29.9 Å². The molecule has 0 bridgehead atoms. The first kappa shape index (κ1) is 44.3. The smallest absolute Gasteiger partial charge is 0.352 e. The van der Waals surface area contributed by atoms with Crippen LogP contribution >= 0.6 is 0 Å². The van der Waals surface area contributed by atoms with Gasteiger partial charge in [-0.25, -0.2) is 0 Å². The molecule has 9 aromatic carbocycles. The van der Waals surface area contributed by atoms with E-state index in [1.54, 1.807) is 18.6 Å². The molecular formula is C68H37IrN6. The second kappa shape index (κ2) is 18.0. The summed E-state index contributed by atoms with van der Waals surface area (Å²) in [5.74, 6) is 0. The van der Waals surface area contributed by atoms with Crippen LogP contribution in [0.15, 0.2) is 225 Å². The predicted molar refractivity (Wildman–Crippen MR) is 302 cm³/mol. The summed E-state index contributed by atoms with van der Waals surface area (Å²) in [6, 6.07) is 76.8. The zero-order chi connectivity index (χ0) is 48.7. The van der Waals surface area contributed by atoms with E-state index in [9.17, 15) is 0 Å². The van der Waals surface area contributed by atoms with Crippen LogP contribution in [0.2, 0.25) is 0 Å². The number of pyridine rings is 6. The second-order valence-electron chi connectivity index (χ2n) is 18.7. The molecule has 0 N–H and O–H groups in total. The molecule has 6 aromatic heterocycles. The van der Waals surface area contributed by atoms with Crippen molar-refractivity contribution in [1.82, 2.24) is 29.9 Å². The Bertz CT molecular complexity index is 4530. The van der Waals surface area contributed by atoms with E-state index >= 15 is 0 Å². The molecule has 0 atom stereocenters. The number of nitrogens with zero attached hydrogens (tertiary/aromatic N) is 6. The molecule has 75 heavy (non-hydrogen) atoms. The Balaban J connectivity index is 0.00000516. The molecule has 0 saturated carbocycles. The minimum Gasteiger partial charge on any atom is -0.352 e. The van der Waals surface area contributed by atoms with E-state index in [1.165, 1.54) is 0 Å². The van der Waals surface area contributed by atoms with Crippen molar-refractivity contribution in [1.29, 1.82) is 0 Å². The molecule has 15 aromatic rings. The van der Waals surface area contributed by atoms with Crippen molar-refractivity contribution >= 4 is 87.0 Å². The number of fused-ring (bicyclic) bond motifs is 15. The largest absolute Gasteiger partial charge is 3.00 e. The first-order chi connectivity index (χ1) is 36.7. The average Bonchev–Trinajstić information content (AvgIpc) is 3.50. The number of hydrogen-bond acceptors (Lipinski definition) is 6. The summed E-state index contributed by atoms with van der Waals surface area (Å²) in [7, 11) is 0. The summed E-state index contributed by atoms with van der Waals surface area (Å²) in [6.07, 6.45) is 11.4. The summed E-state index contributed by atoms with van der Waals surface area (Å²) in [4.78, 5) is 29.6. The molecule has 7 heteroatoms. The summed E-state index contributed by atoms with van der Waals surface area (Å²) < 4.78 is 0. The van der Waals surface area contributed by atoms with Gasteiger partial charge in [0, 0.05) is 18.6 Å². The van der Waals surface area contributed by atoms with Crippen molar-refractivity contribution in [3.05, 3.63) is 243 Å². The van der Waals surface area contributed by atoms with Crippen LogP contribution in [0.4, 0.5) is 0 Å². The summed E-state index contributed by atoms with van der Waals surface area (Å²) >= 11 is 0. The van der Waals surface area contributed by atoms with E-state index in [0.29, 0.717) is 0 Å². The molecule has 0 spiro atoms. The monoisotopic (exact) mass is 1130 g/mol. The molecule has 0 radical (unpaired) electrons. The van der Waals surface area contributed by atoms with Crippen LogP contribution in [-0.4, -0.2) is 29.9 Å². The summed E-state index contributed by atoms with van der Waals surface area (Å²) in [5, 5.41) is 10.3. The summed E-state index contributed by atoms with van der Waals surface area (Å²) in [5.41, 5.74) is 18.1. The van der Waals surface area contributed by atoms with Gasteiger partial charge in [0.2, 0.25) is 0 Å². The maximum atomic E-state index is 5.19. The Morgan fingerprint density at radius 3 is 1.09 bits per heavy atom. The molecular weight excluding hydrogens is 1090 g/mol. The van der Waals surface area contributed by atoms with Crippen LogP contribution < -0.4 is 0 Å². The van der Waals surface area contributed by atoms with Crippen molar-refractivity contribution in [3.8, 4) is 66.8 Å². The fourth-order valence-electron chi connectivity index (χ4n) is 11.3. The van der Waals surface area contributed by atoms with Crippen molar-refractivity contribution in [2.75, 3.05) is 0 Å². The molecule has 6 nitrogen and oxygen atoms in total. The van der Waals surface area contributed by atoms with Crippen LogP contribution in [0.1, 0.15) is 0 Å². The van der Waals surface area contributed by atoms with Crippen LogP contribution in [0.25, 0.3) is 154 Å². The summed E-state index contributed by atoms with van der Waals surface area (Å²) in [6.45, 7) is 0. The van der Waals surface area contributed by atoms with Crippen molar-refractivity contribution in [3.63, 3.8) is 0 Å². The van der Waals surface area contributed by atoms with Crippen molar-refractivity contribution in [2.45, 2.75) is 0 Å². The van der Waals surface area contributed by atoms with Gasteiger partial charge in [0.15, 0.2) is 0 Å². The average molecular weight is 1130 g/mol. The zero-order valence-corrected chi connectivity index (χ0v) is 42.3. The molecule has 0 aliphatic rings. The van der Waals surface area contributed by atoms with E-state index in [-0.39, 0.29) is 20.1 Å². The third-order valence-electron chi connectivity index (χ3n) is 14.6. The van der Waals surface area contributed by atoms with Gasteiger partial charge in [0.1, 0.15) is 0 Å². The Morgan fingerprint density at radius 1 is 0.267 bits per heavy atom. The van der Waals surface area contributed by atoms with E-state index in [2.05, 4.69) is 187 Å². The van der Waals surface area contributed by atoms with Gasteiger partial charge in [-0.3, -0.25) is 0 Å². The quantitative estimate of drug-likeness (QED) is 0.122. The second-order valence-corrected chi connectivity index (χ2v) is 18.7. The molecule has 0 fully saturated rings. The van der Waals surface area contributed by atoms with Gasteiger partial charge >= 0.3 is 20.1 Å². The van der Waals surface area contributed by atoms with Gasteiger partial charge in [-0.05, 0) is 156 Å². The minimum absolute atomic E-state index is 0. The molecule has 0 aliphatic heterocycles. The predicted octanol–water partition coefficient (Wildman–Crippen LogP) is 16.7. The van der Waals surface area contributed by atoms with Gasteiger partial charge in [-0.1, -0.05) is 186 Å². The van der Waals surface area contributed by atoms with Crippen LogP contribution in [0.3, 0.4) is 0 Å². The van der Waals surface area contributed by atoms with E-state index in [0.717, 1.165) is 154 Å². The normalized spacial score (nSPS) is 11.6. The Hall–Kier alpha value is -9.39. The van der Waals surface area contributed by atoms with Crippen molar-refractivity contribution in [2.24, 2.45) is 0 Å². The van der Waals surface area contributed by atoms with Gasteiger partial charge in [-0.2, -0.15) is 0 Å². The number of rotatable bonds is 6.